The molecule has 0 amide bonds. The van der Waals surface area contributed by atoms with E-state index in [9.17, 15) is 4.79 Å². The van der Waals surface area contributed by atoms with Crippen molar-refractivity contribution in [2.45, 2.75) is 18.7 Å². The van der Waals surface area contributed by atoms with Gasteiger partial charge in [0.05, 0.1) is 10.5 Å². The van der Waals surface area contributed by atoms with Gasteiger partial charge in [-0.25, -0.2) is 4.79 Å². The summed E-state index contributed by atoms with van der Waals surface area (Å²) in [5.74, 6) is 0. The molecule has 1 atom stereocenters. The Hall–Kier alpha value is -1.42. The Bertz CT molecular complexity index is 575. The summed E-state index contributed by atoms with van der Waals surface area (Å²) in [6.45, 7) is 3.86. The third-order valence-electron chi connectivity index (χ3n) is 2.61. The molecule has 2 rings (SSSR count). The zero-order valence-electron chi connectivity index (χ0n) is 9.61. The molecule has 0 aliphatic carbocycles. The molecule has 1 unspecified atom stereocenters. The summed E-state index contributed by atoms with van der Waals surface area (Å²) >= 11 is 3.58. The average Bonchev–Trinajstić information content (AvgIpc) is 2.32. The molecule has 1 aromatic carbocycles. The van der Waals surface area contributed by atoms with Gasteiger partial charge in [0.1, 0.15) is 0 Å². The van der Waals surface area contributed by atoms with Crippen LogP contribution in [0.2, 0.25) is 0 Å². The Morgan fingerprint density at radius 2 is 1.88 bits per heavy atom. The van der Waals surface area contributed by atoms with Gasteiger partial charge in [0, 0.05) is 11.6 Å². The lowest BCUT2D eigenvalue weighted by atomic mass is 10.0. The lowest BCUT2D eigenvalue weighted by molar-refractivity contribution is 0.360. The molecule has 1 aromatic heterocycles. The second-order valence-electron chi connectivity index (χ2n) is 3.96. The number of aryl methyl sites for hydroxylation is 2. The van der Waals surface area contributed by atoms with E-state index in [0.717, 1.165) is 11.1 Å². The Labute approximate surface area is 108 Å². The standard InChI is InChI=1S/C13H12BrNO2/c1-8-3-5-10(6-4-8)13(14)11-7-12(16)17-15-9(11)2/h3-7,13H,1-2H3. The molecular formula is C13H12BrNO2. The molecule has 17 heavy (non-hydrogen) atoms. The van der Waals surface area contributed by atoms with Crippen LogP contribution in [0.4, 0.5) is 0 Å². The molecule has 2 aromatic rings. The van der Waals surface area contributed by atoms with E-state index in [-0.39, 0.29) is 4.83 Å². The zero-order chi connectivity index (χ0) is 12.4. The highest BCUT2D eigenvalue weighted by atomic mass is 79.9. The molecule has 3 nitrogen and oxygen atoms in total. The maximum Gasteiger partial charge on any atom is 0.358 e. The molecule has 88 valence electrons. The van der Waals surface area contributed by atoms with Crippen LogP contribution in [0.1, 0.15) is 27.2 Å². The normalized spacial score (nSPS) is 12.4. The molecule has 0 aliphatic heterocycles. The fourth-order valence-corrected chi connectivity index (χ4v) is 2.36. The van der Waals surface area contributed by atoms with Crippen LogP contribution in [0.25, 0.3) is 0 Å². The van der Waals surface area contributed by atoms with Gasteiger partial charge in [0.15, 0.2) is 0 Å². The fourth-order valence-electron chi connectivity index (χ4n) is 1.60. The van der Waals surface area contributed by atoms with Crippen molar-refractivity contribution in [2.24, 2.45) is 0 Å². The Morgan fingerprint density at radius 3 is 2.53 bits per heavy atom. The van der Waals surface area contributed by atoms with Crippen molar-refractivity contribution in [1.29, 1.82) is 0 Å². The van der Waals surface area contributed by atoms with Gasteiger partial charge in [0.2, 0.25) is 0 Å². The number of hydrogen-bond acceptors (Lipinski definition) is 3. The van der Waals surface area contributed by atoms with Gasteiger partial charge < -0.3 is 4.52 Å². The Balaban J connectivity index is 2.43. The van der Waals surface area contributed by atoms with E-state index in [2.05, 4.69) is 25.6 Å². The topological polar surface area (TPSA) is 43.1 Å². The summed E-state index contributed by atoms with van der Waals surface area (Å²) < 4.78 is 4.58. The monoisotopic (exact) mass is 293 g/mol. The smallest absolute Gasteiger partial charge is 0.313 e. The highest BCUT2D eigenvalue weighted by Gasteiger charge is 2.14. The molecular weight excluding hydrogens is 282 g/mol. The lowest BCUT2D eigenvalue weighted by Crippen LogP contribution is -2.06. The first-order valence-corrected chi connectivity index (χ1v) is 6.17. The van der Waals surface area contributed by atoms with Crippen molar-refractivity contribution in [3.8, 4) is 0 Å². The number of rotatable bonds is 2. The number of halogens is 1. The molecule has 0 fully saturated rings. The molecule has 4 heteroatoms. The van der Waals surface area contributed by atoms with Crippen LogP contribution in [0.3, 0.4) is 0 Å². The van der Waals surface area contributed by atoms with Gasteiger partial charge in [-0.1, -0.05) is 50.9 Å². The molecule has 0 aliphatic rings. The third-order valence-corrected chi connectivity index (χ3v) is 3.63. The molecule has 0 spiro atoms. The quantitative estimate of drug-likeness (QED) is 0.799. The summed E-state index contributed by atoms with van der Waals surface area (Å²) in [4.78, 5) is 11.1. The SMILES string of the molecule is Cc1ccc(C(Br)c2cc(=O)onc2C)cc1. The fraction of sp³-hybridized carbons (Fsp3) is 0.231. The van der Waals surface area contributed by atoms with E-state index in [0.29, 0.717) is 5.69 Å². The molecule has 1 heterocycles. The summed E-state index contributed by atoms with van der Waals surface area (Å²) in [5.41, 5.74) is 3.42. The highest BCUT2D eigenvalue weighted by Crippen LogP contribution is 2.31. The van der Waals surface area contributed by atoms with Crippen molar-refractivity contribution < 1.29 is 4.52 Å². The zero-order valence-corrected chi connectivity index (χ0v) is 11.2. The second-order valence-corrected chi connectivity index (χ2v) is 4.88. The van der Waals surface area contributed by atoms with Crippen molar-refractivity contribution in [2.75, 3.05) is 0 Å². The van der Waals surface area contributed by atoms with E-state index in [1.54, 1.807) is 0 Å². The Morgan fingerprint density at radius 1 is 1.24 bits per heavy atom. The van der Waals surface area contributed by atoms with Gasteiger partial charge in [-0.15, -0.1) is 0 Å². The maximum absolute atomic E-state index is 11.2. The van der Waals surface area contributed by atoms with Crippen molar-refractivity contribution in [1.82, 2.24) is 5.16 Å². The van der Waals surface area contributed by atoms with Crippen LogP contribution in [0.15, 0.2) is 39.6 Å². The Kier molecular flexibility index (Phi) is 3.43. The minimum Gasteiger partial charge on any atom is -0.313 e. The van der Waals surface area contributed by atoms with Gasteiger partial charge in [-0.2, -0.15) is 0 Å². The van der Waals surface area contributed by atoms with Crippen molar-refractivity contribution in [3.63, 3.8) is 0 Å². The number of hydrogen-bond donors (Lipinski definition) is 0. The third kappa shape index (κ3) is 2.64. The minimum absolute atomic E-state index is 0.0419. The van der Waals surface area contributed by atoms with Crippen LogP contribution in [-0.4, -0.2) is 5.16 Å². The van der Waals surface area contributed by atoms with E-state index >= 15 is 0 Å². The molecule has 0 bridgehead atoms. The van der Waals surface area contributed by atoms with Gasteiger partial charge >= 0.3 is 5.63 Å². The van der Waals surface area contributed by atoms with Crippen LogP contribution in [0, 0.1) is 13.8 Å². The second kappa shape index (κ2) is 4.84. The molecule has 0 saturated heterocycles. The van der Waals surface area contributed by atoms with Crippen LogP contribution < -0.4 is 5.63 Å². The lowest BCUT2D eigenvalue weighted by Gasteiger charge is -2.11. The minimum atomic E-state index is -0.429. The molecule has 0 N–H and O–H groups in total. The van der Waals surface area contributed by atoms with E-state index in [4.69, 9.17) is 0 Å². The first kappa shape index (κ1) is 12.0. The van der Waals surface area contributed by atoms with Crippen LogP contribution in [-0.2, 0) is 0 Å². The highest BCUT2D eigenvalue weighted by molar-refractivity contribution is 9.09. The van der Waals surface area contributed by atoms with E-state index in [1.165, 1.54) is 11.6 Å². The predicted octanol–water partition coefficient (Wildman–Crippen LogP) is 3.14. The predicted molar refractivity (Wildman–Crippen MR) is 69.5 cm³/mol. The average molecular weight is 294 g/mol. The number of nitrogens with zero attached hydrogens (tertiary/aromatic N) is 1. The van der Waals surface area contributed by atoms with E-state index in [1.807, 2.05) is 38.1 Å². The maximum atomic E-state index is 11.2. The number of benzene rings is 1. The number of aromatic nitrogens is 1. The molecule has 0 saturated carbocycles. The molecule has 0 radical (unpaired) electrons. The summed E-state index contributed by atoms with van der Waals surface area (Å²) in [7, 11) is 0. The summed E-state index contributed by atoms with van der Waals surface area (Å²) in [5, 5.41) is 3.73. The van der Waals surface area contributed by atoms with Gasteiger partial charge in [0.25, 0.3) is 0 Å². The van der Waals surface area contributed by atoms with E-state index < -0.39 is 5.63 Å². The van der Waals surface area contributed by atoms with Crippen LogP contribution in [0.5, 0.6) is 0 Å². The number of alkyl halides is 1. The summed E-state index contributed by atoms with van der Waals surface area (Å²) in [6.07, 6.45) is 0. The van der Waals surface area contributed by atoms with Gasteiger partial charge in [-0.3, -0.25) is 0 Å². The summed E-state index contributed by atoms with van der Waals surface area (Å²) in [6, 6.07) is 9.61. The van der Waals surface area contributed by atoms with Crippen molar-refractivity contribution in [3.05, 3.63) is 63.1 Å². The first-order chi connectivity index (χ1) is 8.08. The van der Waals surface area contributed by atoms with Gasteiger partial charge in [-0.05, 0) is 19.4 Å². The first-order valence-electron chi connectivity index (χ1n) is 5.26. The van der Waals surface area contributed by atoms with Crippen LogP contribution >= 0.6 is 15.9 Å². The largest absolute Gasteiger partial charge is 0.358 e. The van der Waals surface area contributed by atoms with Crippen molar-refractivity contribution >= 4 is 15.9 Å².